The molecule has 45 heavy (non-hydrogen) atoms. The quantitative estimate of drug-likeness (QED) is 0.244. The summed E-state index contributed by atoms with van der Waals surface area (Å²) in [5, 5.41) is 7.00. The zero-order chi connectivity index (χ0) is 35.7. The molecule has 1 N–H and O–H groups in total. The van der Waals surface area contributed by atoms with E-state index in [1.807, 2.05) is 55.4 Å². The molecular weight excluding hydrogens is 550 g/mol. The van der Waals surface area contributed by atoms with Crippen molar-refractivity contribution in [2.45, 2.75) is 166 Å². The van der Waals surface area contributed by atoms with Gasteiger partial charge in [0, 0.05) is 43.4 Å². The van der Waals surface area contributed by atoms with E-state index in [1.165, 1.54) is 89.0 Å². The third kappa shape index (κ3) is 10.4. The number of hydrogen-bond donors (Lipinski definition) is 1. The lowest BCUT2D eigenvalue weighted by molar-refractivity contribution is -0.0863. The maximum absolute atomic E-state index is 7.00. The van der Waals surface area contributed by atoms with Crippen molar-refractivity contribution in [3.63, 3.8) is 0 Å². The molecule has 0 fully saturated rings. The smallest absolute Gasteiger partial charge is 0.260 e. The van der Waals surface area contributed by atoms with E-state index < -0.39 is 0 Å². The Labute approximate surface area is 282 Å². The van der Waals surface area contributed by atoms with Gasteiger partial charge in [0.05, 0.1) is 11.0 Å². The van der Waals surface area contributed by atoms with Gasteiger partial charge >= 0.3 is 0 Å². The van der Waals surface area contributed by atoms with Crippen molar-refractivity contribution in [3.8, 4) is 5.75 Å². The van der Waals surface area contributed by atoms with Crippen LogP contribution >= 0.6 is 0 Å². The molecule has 3 heteroatoms. The molecule has 0 spiro atoms. The number of aliphatic hydroxyl groups is 1. The Morgan fingerprint density at radius 3 is 1.71 bits per heavy atom. The highest BCUT2D eigenvalue weighted by Crippen LogP contribution is 2.53. The van der Waals surface area contributed by atoms with E-state index in [-0.39, 0.29) is 10.8 Å². The van der Waals surface area contributed by atoms with Gasteiger partial charge in [0.1, 0.15) is 0 Å². The average Bonchev–Trinajstić information content (AvgIpc) is 3.34. The third-order valence-electron chi connectivity index (χ3n) is 8.87. The standard InChI is InChI=1S/C33H48NO.4C2H6.CH4O/c1-22-18-24(3)30-26(20-22)34(9)28(32(30,5)6)16-14-12-11-13-15-17-29-33(7,8)31-25(4)19-23(2)21-27(31)35(29)10;5*1-2/h16,18-21,29H,11-15,17H2,1-10H3;4*1-2H3;2H,1H3/q+1;;;;;/b28-16-;;;;;. The summed E-state index contributed by atoms with van der Waals surface area (Å²) in [5.74, 6) is 1.37. The van der Waals surface area contributed by atoms with Crippen LogP contribution in [0.25, 0.3) is 0 Å². The number of allylic oxidation sites excluding steroid dienone is 2. The monoisotopic (exact) mass is 627 g/mol. The average molecular weight is 627 g/mol. The number of anilines is 1. The van der Waals surface area contributed by atoms with Gasteiger partial charge in [-0.15, -0.1) is 0 Å². The SMILES string of the molecule is CC.CC.CC.CC.CO.Cc1cc(C)c2c(c1)N(C)/C(=C\CCCCCCC1[O+](C)c3cc(C)cc(C)c3C1(C)C)C2(C)C. The van der Waals surface area contributed by atoms with Crippen LogP contribution in [0.4, 0.5) is 5.69 Å². The fourth-order valence-corrected chi connectivity index (χ4v) is 7.46. The number of benzene rings is 2. The third-order valence-corrected chi connectivity index (χ3v) is 8.87. The Hall–Kier alpha value is -2.26. The number of hydrogen-bond acceptors (Lipinski definition) is 2. The Morgan fingerprint density at radius 2 is 1.18 bits per heavy atom. The number of nitrogens with zero attached hydrogens (tertiary/aromatic N) is 1. The second-order valence-electron chi connectivity index (χ2n) is 12.5. The molecule has 2 heterocycles. The van der Waals surface area contributed by atoms with Gasteiger partial charge < -0.3 is 14.4 Å². The van der Waals surface area contributed by atoms with E-state index in [9.17, 15) is 0 Å². The molecule has 2 aromatic rings. The Balaban J connectivity index is 0. The van der Waals surface area contributed by atoms with Crippen molar-refractivity contribution in [2.75, 3.05) is 26.2 Å². The van der Waals surface area contributed by atoms with Gasteiger partial charge in [-0.2, -0.15) is 0 Å². The normalized spacial score (nSPS) is 17.1. The summed E-state index contributed by atoms with van der Waals surface area (Å²) in [5.41, 5.74) is 11.7. The Morgan fingerprint density at radius 1 is 0.711 bits per heavy atom. The lowest BCUT2D eigenvalue weighted by Gasteiger charge is -2.29. The summed E-state index contributed by atoms with van der Waals surface area (Å²) in [4.78, 5) is 2.44. The van der Waals surface area contributed by atoms with Crippen molar-refractivity contribution < 1.29 is 9.47 Å². The zero-order valence-electron chi connectivity index (χ0n) is 33.5. The minimum absolute atomic E-state index is 0.0865. The van der Waals surface area contributed by atoms with Crippen LogP contribution in [0.5, 0.6) is 5.75 Å². The first kappa shape index (κ1) is 44.9. The molecule has 0 amide bonds. The maximum Gasteiger partial charge on any atom is 0.260 e. The van der Waals surface area contributed by atoms with Gasteiger partial charge in [0.15, 0.2) is 13.2 Å². The van der Waals surface area contributed by atoms with E-state index in [0.29, 0.717) is 6.10 Å². The molecule has 2 aliphatic rings. The van der Waals surface area contributed by atoms with Crippen LogP contribution in [0, 0.1) is 27.7 Å². The minimum atomic E-state index is 0.0865. The summed E-state index contributed by atoms with van der Waals surface area (Å²) >= 11 is 0. The largest absolute Gasteiger partial charge is 0.571 e. The Bertz CT molecular complexity index is 1140. The molecule has 0 bridgehead atoms. The number of aryl methyl sites for hydroxylation is 4. The number of fused-ring (bicyclic) bond motifs is 2. The number of aliphatic hydroxyl groups excluding tert-OH is 1. The molecule has 1 unspecified atom stereocenters. The van der Waals surface area contributed by atoms with Crippen molar-refractivity contribution in [2.24, 2.45) is 0 Å². The molecule has 0 saturated carbocycles. The van der Waals surface area contributed by atoms with Crippen LogP contribution in [-0.2, 0) is 15.2 Å². The van der Waals surface area contributed by atoms with Crippen molar-refractivity contribution >= 4 is 5.69 Å². The molecule has 0 aliphatic carbocycles. The fraction of sp³-hybridized carbons (Fsp3) is 0.667. The molecule has 0 aromatic heterocycles. The van der Waals surface area contributed by atoms with Crippen LogP contribution in [0.2, 0.25) is 0 Å². The molecule has 4 rings (SSSR count). The second kappa shape index (κ2) is 21.5. The van der Waals surface area contributed by atoms with Crippen molar-refractivity contribution in [1.29, 1.82) is 0 Å². The first-order valence-corrected chi connectivity index (χ1v) is 18.1. The molecule has 1 atom stereocenters. The first-order valence-electron chi connectivity index (χ1n) is 18.1. The lowest BCUT2D eigenvalue weighted by Crippen LogP contribution is -2.33. The maximum atomic E-state index is 7.00. The zero-order valence-corrected chi connectivity index (χ0v) is 33.5. The van der Waals surface area contributed by atoms with Crippen LogP contribution in [-0.4, -0.2) is 32.5 Å². The van der Waals surface area contributed by atoms with Crippen LogP contribution in [0.15, 0.2) is 36.0 Å². The molecule has 2 aromatic carbocycles. The van der Waals surface area contributed by atoms with Crippen LogP contribution in [0.1, 0.15) is 155 Å². The van der Waals surface area contributed by atoms with Crippen LogP contribution in [0.3, 0.4) is 0 Å². The van der Waals surface area contributed by atoms with E-state index in [0.717, 1.165) is 7.11 Å². The van der Waals surface area contributed by atoms with E-state index in [4.69, 9.17) is 5.11 Å². The van der Waals surface area contributed by atoms with Gasteiger partial charge in [-0.3, -0.25) is 0 Å². The van der Waals surface area contributed by atoms with E-state index in [1.54, 1.807) is 0 Å². The van der Waals surface area contributed by atoms with Crippen molar-refractivity contribution in [1.82, 2.24) is 0 Å². The van der Waals surface area contributed by atoms with Crippen LogP contribution < -0.4 is 4.90 Å². The van der Waals surface area contributed by atoms with Gasteiger partial charge in [-0.25, -0.2) is 0 Å². The highest BCUT2D eigenvalue weighted by molar-refractivity contribution is 5.72. The van der Waals surface area contributed by atoms with Crippen molar-refractivity contribution in [3.05, 3.63) is 69.4 Å². The molecular formula is C42H76NO2+. The van der Waals surface area contributed by atoms with E-state index in [2.05, 4.69) is 109 Å². The van der Waals surface area contributed by atoms with E-state index >= 15 is 0 Å². The Kier molecular flexibility index (Phi) is 21.5. The molecule has 3 nitrogen and oxygen atoms in total. The van der Waals surface area contributed by atoms with Gasteiger partial charge in [-0.05, 0) is 94.7 Å². The summed E-state index contributed by atoms with van der Waals surface area (Å²) < 4.78 is 3.51. The highest BCUT2D eigenvalue weighted by Gasteiger charge is 2.50. The highest BCUT2D eigenvalue weighted by atomic mass is 16.7. The molecule has 0 saturated heterocycles. The summed E-state index contributed by atoms with van der Waals surface area (Å²) in [6.07, 6.45) is 10.6. The fourth-order valence-electron chi connectivity index (χ4n) is 7.46. The minimum Gasteiger partial charge on any atom is -0.571 e. The second-order valence-corrected chi connectivity index (χ2v) is 12.5. The lowest BCUT2D eigenvalue weighted by atomic mass is 9.77. The predicted molar refractivity (Wildman–Crippen MR) is 206 cm³/mol. The first-order chi connectivity index (χ1) is 21.4. The van der Waals surface area contributed by atoms with Gasteiger partial charge in [-0.1, -0.05) is 100 Å². The van der Waals surface area contributed by atoms with Gasteiger partial charge in [0.25, 0.3) is 5.75 Å². The number of likely N-dealkylation sites (N-methyl/N-ethyl adjacent to an activating group) is 1. The van der Waals surface area contributed by atoms with Gasteiger partial charge in [0.2, 0.25) is 0 Å². The molecule has 0 radical (unpaired) electrons. The summed E-state index contributed by atoms with van der Waals surface area (Å²) in [6, 6.07) is 9.38. The topological polar surface area (TPSA) is 26.2 Å². The molecule has 2 aliphatic heterocycles. The summed E-state index contributed by atoms with van der Waals surface area (Å²) in [6.45, 7) is 34.6. The number of unbranched alkanes of at least 4 members (excludes halogenated alkanes) is 4. The number of rotatable bonds is 7. The predicted octanol–water partition coefficient (Wildman–Crippen LogP) is 12.8. The summed E-state index contributed by atoms with van der Waals surface area (Å²) in [7, 11) is 5.47. The molecule has 260 valence electrons.